The zero-order valence-corrected chi connectivity index (χ0v) is 11.7. The highest BCUT2D eigenvalue weighted by atomic mass is 16.5. The van der Waals surface area contributed by atoms with Crippen LogP contribution in [0.15, 0.2) is 42.5 Å². The first-order valence-electron chi connectivity index (χ1n) is 6.69. The van der Waals surface area contributed by atoms with E-state index in [0.29, 0.717) is 12.2 Å². The van der Waals surface area contributed by atoms with Gasteiger partial charge in [-0.3, -0.25) is 0 Å². The fourth-order valence-electron chi connectivity index (χ4n) is 2.09. The van der Waals surface area contributed by atoms with E-state index in [0.717, 1.165) is 28.9 Å². The van der Waals surface area contributed by atoms with E-state index in [1.807, 2.05) is 31.2 Å². The third-order valence-electron chi connectivity index (χ3n) is 3.09. The predicted molar refractivity (Wildman–Crippen MR) is 79.4 cm³/mol. The summed E-state index contributed by atoms with van der Waals surface area (Å²) in [5.41, 5.74) is 3.30. The molecule has 0 amide bonds. The number of aryl methyl sites for hydroxylation is 1. The van der Waals surface area contributed by atoms with Crippen LogP contribution in [0.5, 0.6) is 5.75 Å². The third-order valence-corrected chi connectivity index (χ3v) is 3.09. The van der Waals surface area contributed by atoms with Crippen LogP contribution in [-0.2, 0) is 0 Å². The summed E-state index contributed by atoms with van der Waals surface area (Å²) in [5, 5.41) is 9.05. The number of ether oxygens (including phenoxy) is 1. The van der Waals surface area contributed by atoms with Gasteiger partial charge < -0.3 is 9.84 Å². The lowest BCUT2D eigenvalue weighted by atomic mass is 9.98. The Hall–Kier alpha value is -2.29. The van der Waals surface area contributed by atoms with Crippen molar-refractivity contribution in [1.82, 2.24) is 0 Å². The van der Waals surface area contributed by atoms with Gasteiger partial charge in [0.05, 0.1) is 12.2 Å². The lowest BCUT2D eigenvalue weighted by Crippen LogP contribution is -1.97. The van der Waals surface area contributed by atoms with Gasteiger partial charge in [-0.1, -0.05) is 25.1 Å². The molecule has 104 valence electrons. The van der Waals surface area contributed by atoms with Gasteiger partial charge in [0, 0.05) is 0 Å². The van der Waals surface area contributed by atoms with Gasteiger partial charge in [0.2, 0.25) is 0 Å². The van der Waals surface area contributed by atoms with Gasteiger partial charge in [-0.2, -0.15) is 0 Å². The van der Waals surface area contributed by atoms with Gasteiger partial charge in [0.1, 0.15) is 5.75 Å². The molecule has 20 heavy (non-hydrogen) atoms. The summed E-state index contributed by atoms with van der Waals surface area (Å²) < 4.78 is 5.59. The third kappa shape index (κ3) is 3.18. The molecule has 2 aromatic rings. The Kier molecular flexibility index (Phi) is 4.41. The van der Waals surface area contributed by atoms with Gasteiger partial charge >= 0.3 is 5.97 Å². The van der Waals surface area contributed by atoms with E-state index in [1.54, 1.807) is 18.2 Å². The number of benzene rings is 2. The number of hydrogen-bond acceptors (Lipinski definition) is 2. The summed E-state index contributed by atoms with van der Waals surface area (Å²) in [7, 11) is 0. The summed E-state index contributed by atoms with van der Waals surface area (Å²) in [6.07, 6.45) is 0.974. The molecule has 0 saturated carbocycles. The molecule has 3 nitrogen and oxygen atoms in total. The van der Waals surface area contributed by atoms with Crippen molar-refractivity contribution in [2.24, 2.45) is 0 Å². The van der Waals surface area contributed by atoms with Crippen LogP contribution in [0.4, 0.5) is 0 Å². The van der Waals surface area contributed by atoms with Crippen LogP contribution in [0.3, 0.4) is 0 Å². The second-order valence-electron chi connectivity index (χ2n) is 4.71. The molecule has 0 atom stereocenters. The van der Waals surface area contributed by atoms with Crippen LogP contribution < -0.4 is 4.74 Å². The van der Waals surface area contributed by atoms with Crippen molar-refractivity contribution in [3.63, 3.8) is 0 Å². The maximum absolute atomic E-state index is 11.0. The normalized spacial score (nSPS) is 10.3. The maximum Gasteiger partial charge on any atom is 0.335 e. The van der Waals surface area contributed by atoms with Gasteiger partial charge in [-0.25, -0.2) is 4.79 Å². The zero-order chi connectivity index (χ0) is 14.5. The SMILES string of the molecule is CCCOc1ccc(-c2cccc(C(=O)O)c2)c(C)c1. The average molecular weight is 270 g/mol. The maximum atomic E-state index is 11.0. The van der Waals surface area contributed by atoms with E-state index >= 15 is 0 Å². The molecule has 0 aromatic heterocycles. The molecule has 0 aliphatic heterocycles. The molecule has 0 fully saturated rings. The smallest absolute Gasteiger partial charge is 0.335 e. The number of carboxylic acids is 1. The highest BCUT2D eigenvalue weighted by Crippen LogP contribution is 2.27. The number of carbonyl (C=O) groups is 1. The van der Waals surface area contributed by atoms with E-state index in [9.17, 15) is 4.79 Å². The van der Waals surface area contributed by atoms with Gasteiger partial charge in [-0.15, -0.1) is 0 Å². The number of hydrogen-bond donors (Lipinski definition) is 1. The minimum Gasteiger partial charge on any atom is -0.494 e. The van der Waals surface area contributed by atoms with E-state index in [1.165, 1.54) is 0 Å². The van der Waals surface area contributed by atoms with E-state index in [2.05, 4.69) is 6.92 Å². The van der Waals surface area contributed by atoms with Gasteiger partial charge in [0.25, 0.3) is 0 Å². The Bertz CT molecular complexity index is 617. The van der Waals surface area contributed by atoms with Crippen LogP contribution in [0.2, 0.25) is 0 Å². The Balaban J connectivity index is 2.33. The van der Waals surface area contributed by atoms with E-state index in [-0.39, 0.29) is 0 Å². The van der Waals surface area contributed by atoms with Crippen molar-refractivity contribution in [1.29, 1.82) is 0 Å². The van der Waals surface area contributed by atoms with Crippen molar-refractivity contribution in [2.75, 3.05) is 6.61 Å². The topological polar surface area (TPSA) is 46.5 Å². The van der Waals surface area contributed by atoms with Crippen LogP contribution >= 0.6 is 0 Å². The predicted octanol–water partition coefficient (Wildman–Crippen LogP) is 4.15. The highest BCUT2D eigenvalue weighted by molar-refractivity contribution is 5.89. The monoisotopic (exact) mass is 270 g/mol. The van der Waals surface area contributed by atoms with Crippen molar-refractivity contribution in [3.8, 4) is 16.9 Å². The molecule has 3 heteroatoms. The van der Waals surface area contributed by atoms with Gasteiger partial charge in [-0.05, 0) is 54.3 Å². The molecular weight excluding hydrogens is 252 g/mol. The molecule has 0 bridgehead atoms. The van der Waals surface area contributed by atoms with Crippen LogP contribution in [-0.4, -0.2) is 17.7 Å². The van der Waals surface area contributed by atoms with Gasteiger partial charge in [0.15, 0.2) is 0 Å². The summed E-state index contributed by atoms with van der Waals surface area (Å²) in [6.45, 7) is 4.77. The summed E-state index contributed by atoms with van der Waals surface area (Å²) in [5.74, 6) is -0.0603. The van der Waals surface area contributed by atoms with Crippen molar-refractivity contribution in [3.05, 3.63) is 53.6 Å². The Labute approximate surface area is 118 Å². The van der Waals surface area contributed by atoms with Crippen molar-refractivity contribution < 1.29 is 14.6 Å². The Morgan fingerprint density at radius 3 is 2.65 bits per heavy atom. The van der Waals surface area contributed by atoms with E-state index in [4.69, 9.17) is 9.84 Å². The van der Waals surface area contributed by atoms with E-state index < -0.39 is 5.97 Å². The quantitative estimate of drug-likeness (QED) is 0.887. The van der Waals surface area contributed by atoms with Crippen molar-refractivity contribution in [2.45, 2.75) is 20.3 Å². The first-order chi connectivity index (χ1) is 9.61. The first-order valence-corrected chi connectivity index (χ1v) is 6.69. The molecular formula is C17H18O3. The number of carboxylic acid groups (broad SMARTS) is 1. The molecule has 1 N–H and O–H groups in total. The standard InChI is InChI=1S/C17H18O3/c1-3-9-20-15-7-8-16(12(2)10-15)13-5-4-6-14(11-13)17(18)19/h4-8,10-11H,3,9H2,1-2H3,(H,18,19). The fraction of sp³-hybridized carbons (Fsp3) is 0.235. The molecule has 0 aliphatic rings. The molecule has 0 radical (unpaired) electrons. The zero-order valence-electron chi connectivity index (χ0n) is 11.7. The van der Waals surface area contributed by atoms with Crippen LogP contribution in [0.25, 0.3) is 11.1 Å². The molecule has 0 aliphatic carbocycles. The summed E-state index contributed by atoms with van der Waals surface area (Å²) >= 11 is 0. The summed E-state index contributed by atoms with van der Waals surface area (Å²) in [4.78, 5) is 11.0. The lowest BCUT2D eigenvalue weighted by Gasteiger charge is -2.10. The molecule has 2 aromatic carbocycles. The Morgan fingerprint density at radius 2 is 2.00 bits per heavy atom. The second-order valence-corrected chi connectivity index (χ2v) is 4.71. The average Bonchev–Trinajstić information content (AvgIpc) is 2.45. The summed E-state index contributed by atoms with van der Waals surface area (Å²) in [6, 6.07) is 12.9. The molecule has 0 spiro atoms. The minimum absolute atomic E-state index is 0.299. The number of aromatic carboxylic acids is 1. The highest BCUT2D eigenvalue weighted by Gasteiger charge is 2.07. The first kappa shape index (κ1) is 14.1. The number of rotatable bonds is 5. The largest absolute Gasteiger partial charge is 0.494 e. The molecule has 0 saturated heterocycles. The molecule has 0 heterocycles. The minimum atomic E-state index is -0.910. The molecule has 0 unspecified atom stereocenters. The lowest BCUT2D eigenvalue weighted by molar-refractivity contribution is 0.0697. The van der Waals surface area contributed by atoms with Crippen LogP contribution in [0.1, 0.15) is 29.3 Å². The van der Waals surface area contributed by atoms with Crippen LogP contribution in [0, 0.1) is 6.92 Å². The Morgan fingerprint density at radius 1 is 1.20 bits per heavy atom. The molecule has 2 rings (SSSR count). The fourth-order valence-corrected chi connectivity index (χ4v) is 2.09. The van der Waals surface area contributed by atoms with Crippen molar-refractivity contribution >= 4 is 5.97 Å². The second kappa shape index (κ2) is 6.24.